The van der Waals surface area contributed by atoms with Crippen molar-refractivity contribution in [2.75, 3.05) is 26.2 Å². The Morgan fingerprint density at radius 3 is 2.38 bits per heavy atom. The summed E-state index contributed by atoms with van der Waals surface area (Å²) >= 11 is 0. The number of hydrogen-bond donors (Lipinski definition) is 1. The van der Waals surface area contributed by atoms with Gasteiger partial charge in [0.2, 0.25) is 5.91 Å². The van der Waals surface area contributed by atoms with E-state index in [1.165, 1.54) is 0 Å². The first kappa shape index (κ1) is 13.5. The highest BCUT2D eigenvalue weighted by Crippen LogP contribution is 2.30. The molecule has 1 fully saturated rings. The second-order valence-corrected chi connectivity index (χ2v) is 5.55. The molecule has 1 amide bonds. The zero-order valence-electron chi connectivity index (χ0n) is 11.2. The number of carbonyl (C=O) groups is 1. The molecule has 1 aliphatic rings. The molecule has 0 atom stereocenters. The first-order valence-corrected chi connectivity index (χ1v) is 6.49. The van der Waals surface area contributed by atoms with Crippen LogP contribution in [-0.2, 0) is 4.79 Å². The largest absolute Gasteiger partial charge is 0.342 e. The molecule has 1 saturated heterocycles. The van der Waals surface area contributed by atoms with Gasteiger partial charge in [-0.05, 0) is 38.8 Å². The maximum atomic E-state index is 12.5. The van der Waals surface area contributed by atoms with E-state index in [9.17, 15) is 4.79 Å². The van der Waals surface area contributed by atoms with Gasteiger partial charge in [0.15, 0.2) is 0 Å². The molecule has 0 aromatic carbocycles. The topological polar surface area (TPSA) is 32.3 Å². The third-order valence-electron chi connectivity index (χ3n) is 3.48. The number of nitrogens with one attached hydrogen (secondary N) is 1. The molecule has 3 nitrogen and oxygen atoms in total. The fourth-order valence-electron chi connectivity index (χ4n) is 2.37. The van der Waals surface area contributed by atoms with Crippen LogP contribution in [0.4, 0.5) is 0 Å². The Hall–Kier alpha value is -0.570. The SMILES string of the molecule is CCN(CC(C)C)C(=O)C1(C)CCNCC1. The van der Waals surface area contributed by atoms with Crippen molar-refractivity contribution in [3.05, 3.63) is 0 Å². The summed E-state index contributed by atoms with van der Waals surface area (Å²) in [6.07, 6.45) is 1.95. The summed E-state index contributed by atoms with van der Waals surface area (Å²) in [5.41, 5.74) is -0.129. The Kier molecular flexibility index (Phi) is 4.78. The van der Waals surface area contributed by atoms with Crippen molar-refractivity contribution in [2.45, 2.75) is 40.5 Å². The van der Waals surface area contributed by atoms with E-state index in [1.54, 1.807) is 0 Å². The third kappa shape index (κ3) is 3.21. The molecule has 0 unspecified atom stereocenters. The maximum Gasteiger partial charge on any atom is 0.228 e. The quantitative estimate of drug-likeness (QED) is 0.794. The van der Waals surface area contributed by atoms with Crippen LogP contribution in [0.15, 0.2) is 0 Å². The van der Waals surface area contributed by atoms with E-state index < -0.39 is 0 Å². The lowest BCUT2D eigenvalue weighted by molar-refractivity contribution is -0.143. The van der Waals surface area contributed by atoms with Crippen LogP contribution in [0.5, 0.6) is 0 Å². The molecule has 16 heavy (non-hydrogen) atoms. The molecule has 0 radical (unpaired) electrons. The second kappa shape index (κ2) is 5.67. The predicted octanol–water partition coefficient (Wildman–Crippen LogP) is 1.88. The summed E-state index contributed by atoms with van der Waals surface area (Å²) in [5, 5.41) is 3.32. The molecular formula is C13H26N2O. The Morgan fingerprint density at radius 1 is 1.38 bits per heavy atom. The summed E-state index contributed by atoms with van der Waals surface area (Å²) < 4.78 is 0. The van der Waals surface area contributed by atoms with Crippen molar-refractivity contribution in [1.82, 2.24) is 10.2 Å². The molecule has 1 heterocycles. The lowest BCUT2D eigenvalue weighted by Crippen LogP contribution is -2.48. The molecule has 0 aromatic rings. The Labute approximate surface area is 99.6 Å². The molecule has 1 rings (SSSR count). The molecule has 0 saturated carbocycles. The Balaban J connectivity index is 2.65. The van der Waals surface area contributed by atoms with Gasteiger partial charge in [0.25, 0.3) is 0 Å². The van der Waals surface area contributed by atoms with Crippen LogP contribution in [0.2, 0.25) is 0 Å². The van der Waals surface area contributed by atoms with E-state index in [-0.39, 0.29) is 5.41 Å². The maximum absolute atomic E-state index is 12.5. The molecule has 94 valence electrons. The highest BCUT2D eigenvalue weighted by Gasteiger charge is 2.37. The summed E-state index contributed by atoms with van der Waals surface area (Å²) in [5.74, 6) is 0.902. The first-order chi connectivity index (χ1) is 7.49. The number of carbonyl (C=O) groups excluding carboxylic acids is 1. The number of piperidine rings is 1. The van der Waals surface area contributed by atoms with Crippen LogP contribution in [0, 0.1) is 11.3 Å². The smallest absolute Gasteiger partial charge is 0.228 e. The third-order valence-corrected chi connectivity index (χ3v) is 3.48. The van der Waals surface area contributed by atoms with Gasteiger partial charge >= 0.3 is 0 Å². The standard InChI is InChI=1S/C13H26N2O/c1-5-15(10-11(2)3)12(16)13(4)6-8-14-9-7-13/h11,14H,5-10H2,1-4H3. The van der Waals surface area contributed by atoms with E-state index in [4.69, 9.17) is 0 Å². The number of amides is 1. The van der Waals surface area contributed by atoms with Crippen LogP contribution in [-0.4, -0.2) is 37.0 Å². The van der Waals surface area contributed by atoms with Gasteiger partial charge < -0.3 is 10.2 Å². The van der Waals surface area contributed by atoms with E-state index in [1.807, 2.05) is 4.90 Å². The summed E-state index contributed by atoms with van der Waals surface area (Å²) in [4.78, 5) is 14.5. The van der Waals surface area contributed by atoms with Gasteiger partial charge in [-0.25, -0.2) is 0 Å². The van der Waals surface area contributed by atoms with Gasteiger partial charge in [-0.3, -0.25) is 4.79 Å². The van der Waals surface area contributed by atoms with Crippen LogP contribution in [0.25, 0.3) is 0 Å². The minimum Gasteiger partial charge on any atom is -0.342 e. The zero-order valence-corrected chi connectivity index (χ0v) is 11.2. The fraction of sp³-hybridized carbons (Fsp3) is 0.923. The molecule has 0 aliphatic carbocycles. The van der Waals surface area contributed by atoms with Crippen molar-refractivity contribution < 1.29 is 4.79 Å². The molecule has 0 spiro atoms. The van der Waals surface area contributed by atoms with Gasteiger partial charge in [0, 0.05) is 18.5 Å². The van der Waals surface area contributed by atoms with Gasteiger partial charge in [-0.2, -0.15) is 0 Å². The molecule has 1 N–H and O–H groups in total. The average molecular weight is 226 g/mol. The predicted molar refractivity (Wildman–Crippen MR) is 67.3 cm³/mol. The summed E-state index contributed by atoms with van der Waals surface area (Å²) in [6, 6.07) is 0. The monoisotopic (exact) mass is 226 g/mol. The molecule has 0 aromatic heterocycles. The molecular weight excluding hydrogens is 200 g/mol. The molecule has 0 bridgehead atoms. The van der Waals surface area contributed by atoms with Crippen molar-refractivity contribution in [3.8, 4) is 0 Å². The minimum atomic E-state index is -0.129. The van der Waals surface area contributed by atoms with Crippen molar-refractivity contribution in [2.24, 2.45) is 11.3 Å². The van der Waals surface area contributed by atoms with Gasteiger partial charge in [-0.15, -0.1) is 0 Å². The van der Waals surface area contributed by atoms with E-state index in [2.05, 4.69) is 33.0 Å². The number of rotatable bonds is 4. The normalized spacial score (nSPS) is 19.8. The molecule has 3 heteroatoms. The van der Waals surface area contributed by atoms with Crippen LogP contribution >= 0.6 is 0 Å². The Morgan fingerprint density at radius 2 is 1.94 bits per heavy atom. The lowest BCUT2D eigenvalue weighted by Gasteiger charge is -2.37. The van der Waals surface area contributed by atoms with E-state index in [0.717, 1.165) is 39.0 Å². The highest BCUT2D eigenvalue weighted by molar-refractivity contribution is 5.82. The fourth-order valence-corrected chi connectivity index (χ4v) is 2.37. The second-order valence-electron chi connectivity index (χ2n) is 5.55. The highest BCUT2D eigenvalue weighted by atomic mass is 16.2. The number of hydrogen-bond acceptors (Lipinski definition) is 2. The number of nitrogens with zero attached hydrogens (tertiary/aromatic N) is 1. The van der Waals surface area contributed by atoms with Crippen molar-refractivity contribution in [3.63, 3.8) is 0 Å². The molecule has 1 aliphatic heterocycles. The van der Waals surface area contributed by atoms with Crippen molar-refractivity contribution >= 4 is 5.91 Å². The van der Waals surface area contributed by atoms with Gasteiger partial charge in [0.1, 0.15) is 0 Å². The Bertz CT molecular complexity index is 232. The van der Waals surface area contributed by atoms with Crippen LogP contribution in [0.3, 0.4) is 0 Å². The summed E-state index contributed by atoms with van der Waals surface area (Å²) in [6.45, 7) is 12.2. The lowest BCUT2D eigenvalue weighted by atomic mass is 9.79. The average Bonchev–Trinajstić information content (AvgIpc) is 2.25. The van der Waals surface area contributed by atoms with E-state index >= 15 is 0 Å². The zero-order chi connectivity index (χ0) is 12.2. The van der Waals surface area contributed by atoms with Crippen molar-refractivity contribution in [1.29, 1.82) is 0 Å². The first-order valence-electron chi connectivity index (χ1n) is 6.49. The van der Waals surface area contributed by atoms with Crippen LogP contribution < -0.4 is 5.32 Å². The minimum absolute atomic E-state index is 0.129. The van der Waals surface area contributed by atoms with Crippen LogP contribution in [0.1, 0.15) is 40.5 Å². The van der Waals surface area contributed by atoms with Gasteiger partial charge in [-0.1, -0.05) is 20.8 Å². The van der Waals surface area contributed by atoms with Gasteiger partial charge in [0.05, 0.1) is 0 Å². The van der Waals surface area contributed by atoms with E-state index in [0.29, 0.717) is 11.8 Å². The summed E-state index contributed by atoms with van der Waals surface area (Å²) in [7, 11) is 0.